The molecule has 2 saturated heterocycles. The van der Waals surface area contributed by atoms with E-state index in [0.717, 1.165) is 38.2 Å². The minimum absolute atomic E-state index is 0.174. The van der Waals surface area contributed by atoms with Gasteiger partial charge in [-0.2, -0.15) is 0 Å². The van der Waals surface area contributed by atoms with Crippen molar-refractivity contribution in [2.75, 3.05) is 32.8 Å². The van der Waals surface area contributed by atoms with Gasteiger partial charge in [0, 0.05) is 31.7 Å². The Morgan fingerprint density at radius 3 is 2.70 bits per heavy atom. The van der Waals surface area contributed by atoms with Gasteiger partial charge >= 0.3 is 0 Å². The van der Waals surface area contributed by atoms with Gasteiger partial charge < -0.3 is 19.8 Å². The summed E-state index contributed by atoms with van der Waals surface area (Å²) in [6.45, 7) is 4.86. The minimum Gasteiger partial charge on any atom is -0.491 e. The third kappa shape index (κ3) is 5.02. The van der Waals surface area contributed by atoms with E-state index in [0.29, 0.717) is 18.7 Å². The summed E-state index contributed by atoms with van der Waals surface area (Å²) in [6, 6.07) is 8.37. The van der Waals surface area contributed by atoms with E-state index in [1.165, 1.54) is 44.2 Å². The van der Waals surface area contributed by atoms with Crippen molar-refractivity contribution >= 4 is 0 Å². The lowest BCUT2D eigenvalue weighted by atomic mass is 9.99. The fourth-order valence-electron chi connectivity index (χ4n) is 4.71. The van der Waals surface area contributed by atoms with Crippen LogP contribution in [0.15, 0.2) is 24.3 Å². The molecule has 3 aliphatic rings. The quantitative estimate of drug-likeness (QED) is 0.768. The number of β-amino-alcohol motifs (C(OH)–C–C–N with tert-alkyl or cyclic N) is 1. The van der Waals surface area contributed by atoms with Crippen molar-refractivity contribution in [2.45, 2.75) is 69.2 Å². The average molecular weight is 375 g/mol. The maximum absolute atomic E-state index is 10.3. The molecular weight excluding hydrogens is 340 g/mol. The van der Waals surface area contributed by atoms with Crippen molar-refractivity contribution in [3.63, 3.8) is 0 Å². The normalized spacial score (nSPS) is 24.8. The largest absolute Gasteiger partial charge is 0.491 e. The molecule has 27 heavy (non-hydrogen) atoms. The summed E-state index contributed by atoms with van der Waals surface area (Å²) >= 11 is 0. The van der Waals surface area contributed by atoms with E-state index in [1.807, 2.05) is 6.07 Å². The fourth-order valence-corrected chi connectivity index (χ4v) is 4.71. The fraction of sp³-hybridized carbons (Fsp3) is 0.727. The van der Waals surface area contributed by atoms with E-state index in [4.69, 9.17) is 4.74 Å². The molecule has 1 aromatic carbocycles. The number of hydrogen-bond donors (Lipinski definition) is 2. The predicted molar refractivity (Wildman–Crippen MR) is 106 cm³/mol. The molecule has 0 aromatic heterocycles. The zero-order valence-electron chi connectivity index (χ0n) is 16.4. The Morgan fingerprint density at radius 1 is 1.11 bits per heavy atom. The first-order valence-electron chi connectivity index (χ1n) is 10.7. The molecule has 4 rings (SSSR count). The van der Waals surface area contributed by atoms with E-state index in [1.54, 1.807) is 0 Å². The number of aliphatic hydroxyl groups excluding tert-OH is 2. The standard InChI is InChI=1S/C22H34N2O3/c25-19-6-12-23(13-7-19)16-20(26)17-27-21-5-3-4-18(14-21)15-24-11-2-1-8-22(24)9-10-22/h3-5,14,19-20,25-26H,1-2,6-13,15-17H2/t20-/m0/s1. The molecule has 2 N–H and O–H groups in total. The predicted octanol–water partition coefficient (Wildman–Crippen LogP) is 2.40. The van der Waals surface area contributed by atoms with E-state index in [2.05, 4.69) is 28.0 Å². The highest BCUT2D eigenvalue weighted by Gasteiger charge is 2.48. The lowest BCUT2D eigenvalue weighted by Gasteiger charge is -2.36. The third-order valence-electron chi connectivity index (χ3n) is 6.56. The highest BCUT2D eigenvalue weighted by molar-refractivity contribution is 5.29. The molecule has 150 valence electrons. The highest BCUT2D eigenvalue weighted by atomic mass is 16.5. The Labute approximate surface area is 162 Å². The average Bonchev–Trinajstić information content (AvgIpc) is 3.45. The number of nitrogens with zero attached hydrogens (tertiary/aromatic N) is 2. The smallest absolute Gasteiger partial charge is 0.119 e. The van der Waals surface area contributed by atoms with Gasteiger partial charge in [0.15, 0.2) is 0 Å². The molecule has 0 unspecified atom stereocenters. The summed E-state index contributed by atoms with van der Waals surface area (Å²) in [6.07, 6.45) is 7.72. The van der Waals surface area contributed by atoms with Crippen LogP contribution >= 0.6 is 0 Å². The zero-order chi connectivity index (χ0) is 18.7. The van der Waals surface area contributed by atoms with Crippen molar-refractivity contribution in [1.82, 2.24) is 9.80 Å². The molecular formula is C22H34N2O3. The molecule has 3 fully saturated rings. The lowest BCUT2D eigenvalue weighted by molar-refractivity contribution is 0.0337. The third-order valence-corrected chi connectivity index (χ3v) is 6.56. The molecule has 0 bridgehead atoms. The number of likely N-dealkylation sites (tertiary alicyclic amines) is 2. The molecule has 0 amide bonds. The van der Waals surface area contributed by atoms with Crippen molar-refractivity contribution in [1.29, 1.82) is 0 Å². The Bertz CT molecular complexity index is 611. The second-order valence-electron chi connectivity index (χ2n) is 8.75. The molecule has 2 heterocycles. The summed E-state index contributed by atoms with van der Waals surface area (Å²) in [5.41, 5.74) is 1.81. The summed E-state index contributed by atoms with van der Waals surface area (Å²) < 4.78 is 5.88. The van der Waals surface area contributed by atoms with E-state index >= 15 is 0 Å². The zero-order valence-corrected chi connectivity index (χ0v) is 16.4. The lowest BCUT2D eigenvalue weighted by Crippen LogP contribution is -2.41. The monoisotopic (exact) mass is 374 g/mol. The van der Waals surface area contributed by atoms with Crippen LogP contribution in [-0.2, 0) is 6.54 Å². The SMILES string of the molecule is OC1CCN(C[C@H](O)COc2cccc(CN3CCCCC34CC4)c2)CC1. The van der Waals surface area contributed by atoms with Crippen LogP contribution in [0.2, 0.25) is 0 Å². The first kappa shape index (κ1) is 19.2. The Balaban J connectivity index is 1.25. The van der Waals surface area contributed by atoms with Crippen LogP contribution in [0.25, 0.3) is 0 Å². The van der Waals surface area contributed by atoms with Gasteiger partial charge in [-0.1, -0.05) is 18.6 Å². The number of aliphatic hydroxyl groups is 2. The van der Waals surface area contributed by atoms with Crippen LogP contribution < -0.4 is 4.74 Å². The number of piperidine rings is 2. The first-order valence-corrected chi connectivity index (χ1v) is 10.7. The topological polar surface area (TPSA) is 56.2 Å². The molecule has 5 nitrogen and oxygen atoms in total. The molecule has 1 spiro atoms. The van der Waals surface area contributed by atoms with Crippen LogP contribution in [0.3, 0.4) is 0 Å². The van der Waals surface area contributed by atoms with Crippen molar-refractivity contribution in [3.8, 4) is 5.75 Å². The van der Waals surface area contributed by atoms with Gasteiger partial charge in [0.05, 0.1) is 6.10 Å². The Kier molecular flexibility index (Phi) is 6.02. The summed E-state index contributed by atoms with van der Waals surface area (Å²) in [5.74, 6) is 0.850. The van der Waals surface area contributed by atoms with Crippen molar-refractivity contribution < 1.29 is 14.9 Å². The number of rotatable bonds is 7. The van der Waals surface area contributed by atoms with Gasteiger partial charge in [0.1, 0.15) is 18.5 Å². The highest BCUT2D eigenvalue weighted by Crippen LogP contribution is 2.48. The van der Waals surface area contributed by atoms with Crippen molar-refractivity contribution in [2.24, 2.45) is 0 Å². The van der Waals surface area contributed by atoms with Crippen LogP contribution in [0.1, 0.15) is 50.5 Å². The van der Waals surface area contributed by atoms with Crippen LogP contribution in [0.4, 0.5) is 0 Å². The second-order valence-corrected chi connectivity index (χ2v) is 8.75. The summed E-state index contributed by atoms with van der Waals surface area (Å²) in [4.78, 5) is 4.89. The van der Waals surface area contributed by atoms with Crippen molar-refractivity contribution in [3.05, 3.63) is 29.8 Å². The van der Waals surface area contributed by atoms with E-state index < -0.39 is 6.10 Å². The maximum Gasteiger partial charge on any atom is 0.119 e. The molecule has 1 aromatic rings. The van der Waals surface area contributed by atoms with Gasteiger partial charge in [-0.15, -0.1) is 0 Å². The van der Waals surface area contributed by atoms with Gasteiger partial charge in [0.25, 0.3) is 0 Å². The van der Waals surface area contributed by atoms with Gasteiger partial charge in [-0.25, -0.2) is 0 Å². The minimum atomic E-state index is -0.499. The molecule has 1 saturated carbocycles. The summed E-state index contributed by atoms with van der Waals surface area (Å²) in [7, 11) is 0. The second kappa shape index (κ2) is 8.48. The summed E-state index contributed by atoms with van der Waals surface area (Å²) in [5, 5.41) is 19.9. The molecule has 1 atom stereocenters. The van der Waals surface area contributed by atoms with Gasteiger partial charge in [0.2, 0.25) is 0 Å². The first-order chi connectivity index (χ1) is 13.1. The number of ether oxygens (including phenoxy) is 1. The van der Waals surface area contributed by atoms with E-state index in [9.17, 15) is 10.2 Å². The number of hydrogen-bond acceptors (Lipinski definition) is 5. The van der Waals surface area contributed by atoms with Crippen LogP contribution in [0, 0.1) is 0 Å². The van der Waals surface area contributed by atoms with Gasteiger partial charge in [-0.05, 0) is 62.8 Å². The van der Waals surface area contributed by atoms with E-state index in [-0.39, 0.29) is 6.10 Å². The molecule has 5 heteroatoms. The molecule has 2 aliphatic heterocycles. The Morgan fingerprint density at radius 2 is 1.93 bits per heavy atom. The number of benzene rings is 1. The van der Waals surface area contributed by atoms with Crippen LogP contribution in [-0.4, -0.2) is 70.5 Å². The maximum atomic E-state index is 10.3. The molecule has 0 radical (unpaired) electrons. The van der Waals surface area contributed by atoms with Crippen LogP contribution in [0.5, 0.6) is 5.75 Å². The Hall–Kier alpha value is -1.14. The van der Waals surface area contributed by atoms with Gasteiger partial charge in [-0.3, -0.25) is 4.90 Å². The molecule has 1 aliphatic carbocycles.